The van der Waals surface area contributed by atoms with Crippen LogP contribution in [-0.2, 0) is 28.3 Å². The fourth-order valence-electron chi connectivity index (χ4n) is 2.26. The van der Waals surface area contributed by atoms with Crippen LogP contribution in [0.15, 0.2) is 4.79 Å². The minimum absolute atomic E-state index is 0. The molecule has 1 aromatic heterocycles. The summed E-state index contributed by atoms with van der Waals surface area (Å²) in [4.78, 5) is 25.1. The van der Waals surface area contributed by atoms with E-state index >= 15 is 0 Å². The van der Waals surface area contributed by atoms with Gasteiger partial charge >= 0.3 is 40.5 Å². The standard InChI is InChI=1S/C8H9N3O6S2.Na/c1-9-4-2-10-3-5(6(4)18-8(9)13)11(7(10)12)17-19(14,15)16;/h5H,2-3H2,1H3,(H,14,15,16);/q;+1/p-1. The number of rotatable bonds is 2. The maximum Gasteiger partial charge on any atom is 1.00 e. The van der Waals surface area contributed by atoms with Gasteiger partial charge in [-0.15, -0.1) is 0 Å². The Hall–Kier alpha value is -0.430. The van der Waals surface area contributed by atoms with Crippen LogP contribution in [-0.4, -0.2) is 40.1 Å². The van der Waals surface area contributed by atoms with E-state index in [-0.39, 0.29) is 47.5 Å². The van der Waals surface area contributed by atoms with E-state index in [0.717, 1.165) is 11.3 Å². The fourth-order valence-corrected chi connectivity index (χ4v) is 3.68. The number of thiazole rings is 1. The monoisotopic (exact) mass is 329 g/mol. The van der Waals surface area contributed by atoms with Crippen molar-refractivity contribution >= 4 is 27.8 Å². The normalized spacial score (nSPS) is 20.9. The average Bonchev–Trinajstić information content (AvgIpc) is 2.71. The number of nitrogens with zero attached hydrogens (tertiary/aromatic N) is 3. The number of urea groups is 1. The Balaban J connectivity index is 0.00000147. The zero-order chi connectivity index (χ0) is 13.9. The number of hydroxylamine groups is 2. The van der Waals surface area contributed by atoms with Gasteiger partial charge in [-0.25, -0.2) is 13.2 Å². The molecule has 0 saturated carbocycles. The van der Waals surface area contributed by atoms with Gasteiger partial charge < -0.3 is 14.0 Å². The largest absolute Gasteiger partial charge is 1.00 e. The molecule has 0 spiro atoms. The van der Waals surface area contributed by atoms with Crippen molar-refractivity contribution in [1.29, 1.82) is 0 Å². The molecule has 2 aliphatic rings. The molecule has 1 aromatic rings. The zero-order valence-corrected chi connectivity index (χ0v) is 14.2. The predicted octanol–water partition coefficient (Wildman–Crippen LogP) is -3.87. The summed E-state index contributed by atoms with van der Waals surface area (Å²) in [6.45, 7) is 0.389. The summed E-state index contributed by atoms with van der Waals surface area (Å²) >= 11 is 0.918. The molecule has 1 saturated heterocycles. The van der Waals surface area contributed by atoms with Gasteiger partial charge in [0.15, 0.2) is 0 Å². The first-order chi connectivity index (χ1) is 8.78. The van der Waals surface area contributed by atoms with Crippen molar-refractivity contribution in [3.8, 4) is 0 Å². The van der Waals surface area contributed by atoms with Crippen molar-refractivity contribution in [2.24, 2.45) is 7.05 Å². The summed E-state index contributed by atoms with van der Waals surface area (Å²) in [6, 6.07) is -1.43. The molecule has 20 heavy (non-hydrogen) atoms. The molecule has 1 fully saturated rings. The Morgan fingerprint density at radius 2 is 2.05 bits per heavy atom. The van der Waals surface area contributed by atoms with E-state index in [2.05, 4.69) is 4.28 Å². The van der Waals surface area contributed by atoms with Gasteiger partial charge in [0.25, 0.3) is 0 Å². The number of carbonyl (C=O) groups excluding carboxylic acids is 1. The maximum atomic E-state index is 11.9. The maximum absolute atomic E-state index is 11.9. The third-order valence-electron chi connectivity index (χ3n) is 3.11. The van der Waals surface area contributed by atoms with Crippen LogP contribution in [0.1, 0.15) is 16.6 Å². The van der Waals surface area contributed by atoms with E-state index in [4.69, 9.17) is 0 Å². The Kier molecular flexibility index (Phi) is 4.06. The second kappa shape index (κ2) is 5.09. The van der Waals surface area contributed by atoms with E-state index in [9.17, 15) is 22.6 Å². The van der Waals surface area contributed by atoms with Gasteiger partial charge in [0, 0.05) is 7.05 Å². The first kappa shape index (κ1) is 15.9. The molecule has 0 aliphatic carbocycles. The summed E-state index contributed by atoms with van der Waals surface area (Å²) in [5.41, 5.74) is 0.633. The van der Waals surface area contributed by atoms with Crippen LogP contribution in [0.2, 0.25) is 0 Å². The minimum atomic E-state index is -5.04. The average molecular weight is 329 g/mol. The number of carbonyl (C=O) groups is 1. The van der Waals surface area contributed by atoms with Crippen LogP contribution < -0.4 is 34.4 Å². The van der Waals surface area contributed by atoms with Gasteiger partial charge in [0.05, 0.1) is 23.7 Å². The third kappa shape index (κ3) is 2.43. The number of aromatic nitrogens is 1. The molecule has 1 unspecified atom stereocenters. The summed E-state index contributed by atoms with van der Waals surface area (Å²) < 4.78 is 37.5. The summed E-state index contributed by atoms with van der Waals surface area (Å²) in [5, 5.41) is 0.532. The fraction of sp³-hybridized carbons (Fsp3) is 0.500. The Bertz CT molecular complexity index is 725. The number of hydrogen-bond acceptors (Lipinski definition) is 7. The van der Waals surface area contributed by atoms with Crippen LogP contribution >= 0.6 is 11.3 Å². The number of hydrogen-bond donors (Lipinski definition) is 0. The molecule has 104 valence electrons. The molecule has 3 heterocycles. The second-order valence-electron chi connectivity index (χ2n) is 4.23. The topological polar surface area (TPSA) is 112 Å². The molecular formula is C8H8N3NaO6S2. The summed E-state index contributed by atoms with van der Waals surface area (Å²) in [5.74, 6) is 0. The van der Waals surface area contributed by atoms with E-state index in [1.165, 1.54) is 9.47 Å². The van der Waals surface area contributed by atoms with Gasteiger partial charge in [0.1, 0.15) is 6.04 Å². The molecule has 12 heteroatoms. The second-order valence-corrected chi connectivity index (χ2v) is 6.18. The summed E-state index contributed by atoms with van der Waals surface area (Å²) in [7, 11) is -3.46. The summed E-state index contributed by atoms with van der Waals surface area (Å²) in [6.07, 6.45) is 0. The molecule has 0 aromatic carbocycles. The van der Waals surface area contributed by atoms with Gasteiger partial charge in [-0.2, -0.15) is 9.35 Å². The minimum Gasteiger partial charge on any atom is -0.724 e. The Labute approximate surface area is 139 Å². The van der Waals surface area contributed by atoms with E-state index in [0.29, 0.717) is 15.6 Å². The van der Waals surface area contributed by atoms with Crippen LogP contribution in [0.3, 0.4) is 0 Å². The molecule has 2 bridgehead atoms. The Morgan fingerprint density at radius 1 is 1.40 bits per heavy atom. The van der Waals surface area contributed by atoms with Gasteiger partial charge in [0.2, 0.25) is 10.4 Å². The van der Waals surface area contributed by atoms with Crippen LogP contribution in [0, 0.1) is 0 Å². The first-order valence-corrected chi connectivity index (χ1v) is 7.35. The quantitative estimate of drug-likeness (QED) is 0.312. The van der Waals surface area contributed by atoms with Crippen LogP contribution in [0.4, 0.5) is 4.79 Å². The SMILES string of the molecule is Cn1c2c(sc1=O)C1CN(C2)C(=O)N1OS(=O)(=O)[O-].[Na+]. The van der Waals surface area contributed by atoms with E-state index in [1.807, 2.05) is 0 Å². The molecule has 0 radical (unpaired) electrons. The molecule has 9 nitrogen and oxygen atoms in total. The van der Waals surface area contributed by atoms with Gasteiger partial charge in [-0.3, -0.25) is 4.79 Å². The molecule has 2 aliphatic heterocycles. The molecule has 0 N–H and O–H groups in total. The molecule has 3 rings (SSSR count). The first-order valence-electron chi connectivity index (χ1n) is 5.20. The number of amides is 2. The van der Waals surface area contributed by atoms with Crippen molar-refractivity contribution in [2.75, 3.05) is 6.54 Å². The third-order valence-corrected chi connectivity index (χ3v) is 4.63. The predicted molar refractivity (Wildman–Crippen MR) is 60.7 cm³/mol. The van der Waals surface area contributed by atoms with E-state index in [1.54, 1.807) is 7.05 Å². The molecule has 2 amide bonds. The van der Waals surface area contributed by atoms with Crippen molar-refractivity contribution in [2.45, 2.75) is 12.6 Å². The zero-order valence-electron chi connectivity index (χ0n) is 10.6. The molecular weight excluding hydrogens is 321 g/mol. The van der Waals surface area contributed by atoms with E-state index < -0.39 is 22.5 Å². The van der Waals surface area contributed by atoms with Crippen molar-refractivity contribution in [3.63, 3.8) is 0 Å². The smallest absolute Gasteiger partial charge is 0.724 e. The van der Waals surface area contributed by atoms with Gasteiger partial charge in [-0.1, -0.05) is 11.3 Å². The van der Waals surface area contributed by atoms with Crippen molar-refractivity contribution < 1.29 is 51.6 Å². The van der Waals surface area contributed by atoms with Gasteiger partial charge in [-0.05, 0) is 0 Å². The van der Waals surface area contributed by atoms with Crippen LogP contribution in [0.5, 0.6) is 0 Å². The Morgan fingerprint density at radius 3 is 2.65 bits per heavy atom. The van der Waals surface area contributed by atoms with Crippen molar-refractivity contribution in [1.82, 2.24) is 14.5 Å². The molecule has 1 atom stereocenters. The van der Waals surface area contributed by atoms with Crippen molar-refractivity contribution in [3.05, 3.63) is 20.2 Å². The van der Waals surface area contributed by atoms with Crippen LogP contribution in [0.25, 0.3) is 0 Å². The number of fused-ring (bicyclic) bond motifs is 4.